The lowest BCUT2D eigenvalue weighted by molar-refractivity contribution is 0.0513. The predicted molar refractivity (Wildman–Crippen MR) is 127 cm³/mol. The molecule has 4 aromatic rings. The number of hydrogen-bond acceptors (Lipinski definition) is 5. The summed E-state index contributed by atoms with van der Waals surface area (Å²) in [6.45, 7) is 2.34. The monoisotopic (exact) mass is 468 g/mol. The van der Waals surface area contributed by atoms with Crippen LogP contribution >= 0.6 is 0 Å². The Morgan fingerprint density at radius 2 is 1.82 bits per heavy atom. The van der Waals surface area contributed by atoms with E-state index in [4.69, 9.17) is 4.74 Å². The van der Waals surface area contributed by atoms with Gasteiger partial charge in [-0.15, -0.1) is 0 Å². The van der Waals surface area contributed by atoms with Gasteiger partial charge in [-0.05, 0) is 41.5 Å². The van der Waals surface area contributed by atoms with Crippen molar-refractivity contribution in [1.29, 1.82) is 0 Å². The van der Waals surface area contributed by atoms with Crippen molar-refractivity contribution in [3.8, 4) is 0 Å². The van der Waals surface area contributed by atoms with Gasteiger partial charge in [-0.2, -0.15) is 0 Å². The van der Waals surface area contributed by atoms with Crippen LogP contribution < -0.4 is 5.32 Å². The molecule has 0 spiro atoms. The molecular formula is C25H25FN2O4S. The van der Waals surface area contributed by atoms with Gasteiger partial charge in [0.25, 0.3) is 0 Å². The van der Waals surface area contributed by atoms with Crippen LogP contribution in [0.1, 0.15) is 28.5 Å². The summed E-state index contributed by atoms with van der Waals surface area (Å²) in [5, 5.41) is 5.53. The van der Waals surface area contributed by atoms with Gasteiger partial charge in [0.05, 0.1) is 12.5 Å². The zero-order valence-electron chi connectivity index (χ0n) is 18.5. The Balaban J connectivity index is 1.90. The third kappa shape index (κ3) is 4.91. The van der Waals surface area contributed by atoms with Crippen molar-refractivity contribution < 1.29 is 22.3 Å². The molecule has 6 nitrogen and oxygen atoms in total. The largest absolute Gasteiger partial charge is 0.461 e. The van der Waals surface area contributed by atoms with Crippen LogP contribution in [-0.4, -0.2) is 37.7 Å². The topological polar surface area (TPSA) is 77.4 Å². The molecule has 0 aliphatic heterocycles. The highest BCUT2D eigenvalue weighted by Crippen LogP contribution is 2.30. The van der Waals surface area contributed by atoms with Crippen LogP contribution in [-0.2, 0) is 27.7 Å². The minimum atomic E-state index is -3.27. The maximum absolute atomic E-state index is 14.2. The Hall–Kier alpha value is -3.23. The van der Waals surface area contributed by atoms with E-state index in [-0.39, 0.29) is 24.7 Å². The molecule has 0 unspecified atom stereocenters. The number of halogens is 1. The van der Waals surface area contributed by atoms with Gasteiger partial charge >= 0.3 is 5.97 Å². The molecule has 3 aromatic carbocycles. The summed E-state index contributed by atoms with van der Waals surface area (Å²) in [5.41, 5.74) is 2.46. The van der Waals surface area contributed by atoms with E-state index in [0.29, 0.717) is 23.0 Å². The maximum Gasteiger partial charge on any atom is 0.355 e. The Bertz CT molecular complexity index is 1440. The number of nitrogens with zero attached hydrogens (tertiary/aromatic N) is 1. The van der Waals surface area contributed by atoms with Crippen LogP contribution in [0.3, 0.4) is 0 Å². The second kappa shape index (κ2) is 9.33. The van der Waals surface area contributed by atoms with Gasteiger partial charge in [-0.3, -0.25) is 5.32 Å². The maximum atomic E-state index is 14.2. The summed E-state index contributed by atoms with van der Waals surface area (Å²) in [7, 11) is -3.27. The molecule has 0 atom stereocenters. The lowest BCUT2D eigenvalue weighted by Gasteiger charge is -2.14. The van der Waals surface area contributed by atoms with Crippen LogP contribution in [0.4, 0.5) is 4.39 Å². The fourth-order valence-electron chi connectivity index (χ4n) is 4.13. The SMILES string of the molecule is CCOC(=O)c1c(CNCS(C)(=O)=O)c2cc(F)ccc2n1Cc1cccc2ccccc12. The summed E-state index contributed by atoms with van der Waals surface area (Å²) in [4.78, 5) is 13.1. The Morgan fingerprint density at radius 1 is 1.06 bits per heavy atom. The summed E-state index contributed by atoms with van der Waals surface area (Å²) in [5.74, 6) is -1.24. The van der Waals surface area contributed by atoms with Crippen molar-refractivity contribution in [2.24, 2.45) is 0 Å². The van der Waals surface area contributed by atoms with E-state index in [0.717, 1.165) is 22.6 Å². The predicted octanol–water partition coefficient (Wildman–Crippen LogP) is 4.25. The van der Waals surface area contributed by atoms with Crippen molar-refractivity contribution in [2.45, 2.75) is 20.0 Å². The highest BCUT2D eigenvalue weighted by Gasteiger charge is 2.25. The van der Waals surface area contributed by atoms with Crippen LogP contribution in [0.5, 0.6) is 0 Å². The third-order valence-corrected chi connectivity index (χ3v) is 6.20. The molecule has 0 fully saturated rings. The van der Waals surface area contributed by atoms with Gasteiger partial charge in [-0.25, -0.2) is 17.6 Å². The quantitative estimate of drug-likeness (QED) is 0.391. The summed E-state index contributed by atoms with van der Waals surface area (Å²) >= 11 is 0. The van der Waals surface area contributed by atoms with E-state index >= 15 is 0 Å². The Morgan fingerprint density at radius 3 is 2.58 bits per heavy atom. The number of fused-ring (bicyclic) bond motifs is 2. The number of sulfone groups is 1. The Labute approximate surface area is 191 Å². The van der Waals surface area contributed by atoms with E-state index in [2.05, 4.69) is 5.32 Å². The molecule has 1 N–H and O–H groups in total. The average molecular weight is 469 g/mol. The molecule has 33 heavy (non-hydrogen) atoms. The number of ether oxygens (including phenoxy) is 1. The number of carbonyl (C=O) groups excluding carboxylic acids is 1. The minimum absolute atomic E-state index is 0.0731. The Kier molecular flexibility index (Phi) is 6.49. The van der Waals surface area contributed by atoms with Crippen molar-refractivity contribution >= 4 is 37.5 Å². The fraction of sp³-hybridized carbons (Fsp3) is 0.240. The van der Waals surface area contributed by atoms with Crippen LogP contribution in [0.2, 0.25) is 0 Å². The summed E-state index contributed by atoms with van der Waals surface area (Å²) < 4.78 is 44.6. The first-order valence-electron chi connectivity index (χ1n) is 10.6. The molecule has 8 heteroatoms. The lowest BCUT2D eigenvalue weighted by Crippen LogP contribution is -2.23. The lowest BCUT2D eigenvalue weighted by atomic mass is 10.0. The van der Waals surface area contributed by atoms with E-state index in [1.54, 1.807) is 13.0 Å². The molecule has 0 saturated carbocycles. The standard InChI is InChI=1S/C25H25FN2O4S/c1-3-32-25(29)24-22(14-27-16-33(2,30)31)21-13-19(26)11-12-23(21)28(24)15-18-9-6-8-17-7-4-5-10-20(17)18/h4-13,27H,3,14-16H2,1-2H3. The number of aromatic nitrogens is 1. The molecule has 0 radical (unpaired) electrons. The van der Waals surface area contributed by atoms with Crippen LogP contribution in [0, 0.1) is 5.82 Å². The number of hydrogen-bond donors (Lipinski definition) is 1. The van der Waals surface area contributed by atoms with E-state index in [1.165, 1.54) is 12.1 Å². The van der Waals surface area contributed by atoms with Gasteiger partial charge in [0.2, 0.25) is 0 Å². The second-order valence-corrected chi connectivity index (χ2v) is 10.1. The number of rotatable bonds is 8. The zero-order valence-corrected chi connectivity index (χ0v) is 19.3. The molecule has 0 aliphatic carbocycles. The number of benzene rings is 3. The molecule has 0 saturated heterocycles. The van der Waals surface area contributed by atoms with Gasteiger partial charge in [-0.1, -0.05) is 42.5 Å². The zero-order chi connectivity index (χ0) is 23.6. The van der Waals surface area contributed by atoms with E-state index in [1.807, 2.05) is 47.0 Å². The third-order valence-electron chi connectivity index (χ3n) is 5.47. The first-order chi connectivity index (χ1) is 15.8. The number of nitrogens with one attached hydrogen (secondary N) is 1. The van der Waals surface area contributed by atoms with Gasteiger partial charge in [0, 0.05) is 35.8 Å². The van der Waals surface area contributed by atoms with E-state index < -0.39 is 21.6 Å². The normalized spacial score (nSPS) is 11.8. The van der Waals surface area contributed by atoms with E-state index in [9.17, 15) is 17.6 Å². The molecule has 0 bridgehead atoms. The minimum Gasteiger partial charge on any atom is -0.461 e. The summed E-state index contributed by atoms with van der Waals surface area (Å²) in [6.07, 6.45) is 1.12. The fourth-order valence-corrected chi connectivity index (χ4v) is 4.61. The van der Waals surface area contributed by atoms with Gasteiger partial charge in [0.1, 0.15) is 11.5 Å². The number of carbonyl (C=O) groups is 1. The molecular weight excluding hydrogens is 443 g/mol. The van der Waals surface area contributed by atoms with Gasteiger partial charge < -0.3 is 9.30 Å². The highest BCUT2D eigenvalue weighted by molar-refractivity contribution is 7.90. The first-order valence-corrected chi connectivity index (χ1v) is 12.7. The average Bonchev–Trinajstić information content (AvgIpc) is 3.06. The molecule has 0 amide bonds. The molecule has 172 valence electrons. The second-order valence-electron chi connectivity index (χ2n) is 7.93. The van der Waals surface area contributed by atoms with Crippen LogP contribution in [0.25, 0.3) is 21.7 Å². The highest BCUT2D eigenvalue weighted by atomic mass is 32.2. The van der Waals surface area contributed by atoms with Crippen molar-refractivity contribution in [3.05, 3.63) is 83.3 Å². The van der Waals surface area contributed by atoms with Gasteiger partial charge in [0.15, 0.2) is 9.84 Å². The molecule has 1 aromatic heterocycles. The van der Waals surface area contributed by atoms with Crippen molar-refractivity contribution in [1.82, 2.24) is 9.88 Å². The van der Waals surface area contributed by atoms with Crippen LogP contribution in [0.15, 0.2) is 60.7 Å². The smallest absolute Gasteiger partial charge is 0.355 e. The first kappa shape index (κ1) is 22.9. The molecule has 1 heterocycles. The molecule has 4 rings (SSSR count). The van der Waals surface area contributed by atoms with Crippen molar-refractivity contribution in [2.75, 3.05) is 18.7 Å². The number of esters is 1. The molecule has 0 aliphatic rings. The summed E-state index contributed by atoms with van der Waals surface area (Å²) in [6, 6.07) is 18.3. The van der Waals surface area contributed by atoms with Crippen molar-refractivity contribution in [3.63, 3.8) is 0 Å².